The fraction of sp³-hybridized carbons (Fsp3) is 0.238. The van der Waals surface area contributed by atoms with Crippen molar-refractivity contribution in [1.29, 1.82) is 0 Å². The number of likely N-dealkylation sites (tertiary alicyclic amines) is 1. The molecule has 0 spiro atoms. The standard InChI is InChI=1S/C21H20N2O2/c24-15-23-11-9-20(10-12-23)25-19-7-5-16(6-8-19)18-13-17-3-1-2-4-21(17)22-14-18/h1-8,13-15,20H,9-12H2. The molecule has 4 rings (SSSR count). The lowest BCUT2D eigenvalue weighted by molar-refractivity contribution is -0.119. The number of carbonyl (C=O) groups excluding carboxylic acids is 1. The van der Waals surface area contributed by atoms with E-state index in [4.69, 9.17) is 4.74 Å². The van der Waals surface area contributed by atoms with E-state index in [1.165, 1.54) is 0 Å². The number of ether oxygens (including phenoxy) is 1. The minimum Gasteiger partial charge on any atom is -0.490 e. The zero-order chi connectivity index (χ0) is 17.1. The highest BCUT2D eigenvalue weighted by Crippen LogP contribution is 2.26. The Morgan fingerprint density at radius 1 is 1.00 bits per heavy atom. The summed E-state index contributed by atoms with van der Waals surface area (Å²) in [5.74, 6) is 0.877. The van der Waals surface area contributed by atoms with E-state index < -0.39 is 0 Å². The highest BCUT2D eigenvalue weighted by Gasteiger charge is 2.19. The average Bonchev–Trinajstić information content (AvgIpc) is 2.69. The smallest absolute Gasteiger partial charge is 0.209 e. The summed E-state index contributed by atoms with van der Waals surface area (Å²) >= 11 is 0. The Morgan fingerprint density at radius 3 is 2.52 bits per heavy atom. The van der Waals surface area contributed by atoms with E-state index in [0.29, 0.717) is 0 Å². The molecule has 1 aromatic heterocycles. The monoisotopic (exact) mass is 332 g/mol. The Morgan fingerprint density at radius 2 is 1.76 bits per heavy atom. The fourth-order valence-corrected chi connectivity index (χ4v) is 3.25. The molecular weight excluding hydrogens is 312 g/mol. The van der Waals surface area contributed by atoms with Crippen LogP contribution in [-0.2, 0) is 4.79 Å². The first-order chi connectivity index (χ1) is 12.3. The van der Waals surface area contributed by atoms with E-state index in [0.717, 1.165) is 60.1 Å². The minimum atomic E-state index is 0.185. The maximum atomic E-state index is 10.8. The molecule has 0 saturated carbocycles. The largest absolute Gasteiger partial charge is 0.490 e. The van der Waals surface area contributed by atoms with E-state index in [2.05, 4.69) is 29.2 Å². The first-order valence-corrected chi connectivity index (χ1v) is 8.63. The van der Waals surface area contributed by atoms with Gasteiger partial charge in [0.05, 0.1) is 5.52 Å². The Labute approximate surface area is 147 Å². The number of benzene rings is 2. The Hall–Kier alpha value is -2.88. The molecule has 1 saturated heterocycles. The van der Waals surface area contributed by atoms with Crippen molar-refractivity contribution in [2.75, 3.05) is 13.1 Å². The molecule has 0 radical (unpaired) electrons. The summed E-state index contributed by atoms with van der Waals surface area (Å²) in [5, 5.41) is 1.14. The summed E-state index contributed by atoms with van der Waals surface area (Å²) in [6, 6.07) is 18.5. The van der Waals surface area contributed by atoms with Crippen LogP contribution in [0.2, 0.25) is 0 Å². The third kappa shape index (κ3) is 3.48. The second-order valence-electron chi connectivity index (χ2n) is 6.40. The van der Waals surface area contributed by atoms with Crippen LogP contribution in [-0.4, -0.2) is 35.5 Å². The van der Waals surface area contributed by atoms with E-state index in [9.17, 15) is 4.79 Å². The number of hydrogen-bond donors (Lipinski definition) is 0. The number of carbonyl (C=O) groups is 1. The third-order valence-corrected chi connectivity index (χ3v) is 4.71. The van der Waals surface area contributed by atoms with Gasteiger partial charge in [-0.1, -0.05) is 30.3 Å². The number of fused-ring (bicyclic) bond motifs is 1. The normalized spacial score (nSPS) is 15.3. The van der Waals surface area contributed by atoms with E-state index >= 15 is 0 Å². The summed E-state index contributed by atoms with van der Waals surface area (Å²) in [6.07, 6.45) is 4.78. The van der Waals surface area contributed by atoms with Crippen LogP contribution in [0, 0.1) is 0 Å². The molecule has 1 amide bonds. The quantitative estimate of drug-likeness (QED) is 0.681. The van der Waals surface area contributed by atoms with Gasteiger partial charge in [-0.2, -0.15) is 0 Å². The zero-order valence-corrected chi connectivity index (χ0v) is 14.0. The van der Waals surface area contributed by atoms with E-state index in [1.807, 2.05) is 36.5 Å². The number of aromatic nitrogens is 1. The number of hydrogen-bond acceptors (Lipinski definition) is 3. The molecule has 2 heterocycles. The number of pyridine rings is 1. The lowest BCUT2D eigenvalue weighted by atomic mass is 10.1. The van der Waals surface area contributed by atoms with Gasteiger partial charge in [-0.3, -0.25) is 9.78 Å². The van der Waals surface area contributed by atoms with Gasteiger partial charge in [0, 0.05) is 43.1 Å². The van der Waals surface area contributed by atoms with Crippen molar-refractivity contribution in [1.82, 2.24) is 9.88 Å². The van der Waals surface area contributed by atoms with Crippen molar-refractivity contribution in [3.8, 4) is 16.9 Å². The average molecular weight is 332 g/mol. The molecule has 1 aliphatic heterocycles. The Bertz CT molecular complexity index is 868. The maximum absolute atomic E-state index is 10.8. The van der Waals surface area contributed by atoms with Gasteiger partial charge in [0.1, 0.15) is 11.9 Å². The van der Waals surface area contributed by atoms with Crippen molar-refractivity contribution in [2.45, 2.75) is 18.9 Å². The van der Waals surface area contributed by atoms with Crippen LogP contribution < -0.4 is 4.74 Å². The first-order valence-electron chi connectivity index (χ1n) is 8.63. The lowest BCUT2D eigenvalue weighted by Gasteiger charge is -2.29. The number of amides is 1. The van der Waals surface area contributed by atoms with Gasteiger partial charge in [0.2, 0.25) is 6.41 Å². The van der Waals surface area contributed by atoms with Crippen molar-refractivity contribution >= 4 is 17.3 Å². The van der Waals surface area contributed by atoms with Gasteiger partial charge in [-0.25, -0.2) is 0 Å². The predicted octanol–water partition coefficient (Wildman–Crippen LogP) is 3.90. The topological polar surface area (TPSA) is 42.4 Å². The summed E-state index contributed by atoms with van der Waals surface area (Å²) in [5.41, 5.74) is 3.23. The van der Waals surface area contributed by atoms with Crippen molar-refractivity contribution < 1.29 is 9.53 Å². The van der Waals surface area contributed by atoms with Gasteiger partial charge in [0.15, 0.2) is 0 Å². The molecule has 1 fully saturated rings. The molecule has 0 aliphatic carbocycles. The second kappa shape index (κ2) is 6.93. The van der Waals surface area contributed by atoms with Crippen LogP contribution in [0.4, 0.5) is 0 Å². The summed E-state index contributed by atoms with van der Waals surface area (Å²) in [6.45, 7) is 1.55. The number of rotatable bonds is 4. The molecule has 126 valence electrons. The molecule has 25 heavy (non-hydrogen) atoms. The van der Waals surface area contributed by atoms with Crippen molar-refractivity contribution in [3.63, 3.8) is 0 Å². The zero-order valence-electron chi connectivity index (χ0n) is 14.0. The van der Waals surface area contributed by atoms with Crippen LogP contribution in [0.5, 0.6) is 5.75 Å². The van der Waals surface area contributed by atoms with Gasteiger partial charge in [0.25, 0.3) is 0 Å². The lowest BCUT2D eigenvalue weighted by Crippen LogP contribution is -2.37. The van der Waals surface area contributed by atoms with Crippen LogP contribution >= 0.6 is 0 Å². The Kier molecular flexibility index (Phi) is 4.34. The van der Waals surface area contributed by atoms with Crippen molar-refractivity contribution in [2.24, 2.45) is 0 Å². The predicted molar refractivity (Wildman–Crippen MR) is 98.5 cm³/mol. The minimum absolute atomic E-state index is 0.185. The SMILES string of the molecule is O=CN1CCC(Oc2ccc(-c3cnc4ccccc4c3)cc2)CC1. The molecule has 0 atom stereocenters. The molecule has 4 nitrogen and oxygen atoms in total. The van der Waals surface area contributed by atoms with Crippen LogP contribution in [0.15, 0.2) is 60.8 Å². The van der Waals surface area contributed by atoms with Gasteiger partial charge >= 0.3 is 0 Å². The fourth-order valence-electron chi connectivity index (χ4n) is 3.25. The molecule has 4 heteroatoms. The van der Waals surface area contributed by atoms with Gasteiger partial charge < -0.3 is 9.64 Å². The number of para-hydroxylation sites is 1. The van der Waals surface area contributed by atoms with Gasteiger partial charge in [-0.15, -0.1) is 0 Å². The summed E-state index contributed by atoms with van der Waals surface area (Å²) in [7, 11) is 0. The third-order valence-electron chi connectivity index (χ3n) is 4.71. The van der Waals surface area contributed by atoms with Crippen LogP contribution in [0.3, 0.4) is 0 Å². The summed E-state index contributed by atoms with van der Waals surface area (Å²) < 4.78 is 6.05. The molecule has 1 aliphatic rings. The van der Waals surface area contributed by atoms with Crippen LogP contribution in [0.1, 0.15) is 12.8 Å². The van der Waals surface area contributed by atoms with Crippen molar-refractivity contribution in [3.05, 3.63) is 60.8 Å². The molecular formula is C21H20N2O2. The molecule has 0 bridgehead atoms. The maximum Gasteiger partial charge on any atom is 0.209 e. The van der Waals surface area contributed by atoms with Crippen LogP contribution in [0.25, 0.3) is 22.0 Å². The highest BCUT2D eigenvalue weighted by atomic mass is 16.5. The number of nitrogens with zero attached hydrogens (tertiary/aromatic N) is 2. The molecule has 0 N–H and O–H groups in total. The highest BCUT2D eigenvalue weighted by molar-refractivity contribution is 5.83. The summed E-state index contributed by atoms with van der Waals surface area (Å²) in [4.78, 5) is 17.1. The second-order valence-corrected chi connectivity index (χ2v) is 6.40. The molecule has 0 unspecified atom stereocenters. The van der Waals surface area contributed by atoms with E-state index in [-0.39, 0.29) is 6.10 Å². The van der Waals surface area contributed by atoms with E-state index in [1.54, 1.807) is 4.90 Å². The number of piperidine rings is 1. The molecule has 3 aromatic rings. The molecule has 2 aromatic carbocycles. The Balaban J connectivity index is 1.47. The first kappa shape index (κ1) is 15.6. The van der Waals surface area contributed by atoms with Gasteiger partial charge in [-0.05, 0) is 29.8 Å².